The summed E-state index contributed by atoms with van der Waals surface area (Å²) < 4.78 is 11.3. The van der Waals surface area contributed by atoms with Crippen LogP contribution in [0.2, 0.25) is 5.02 Å². The molecule has 1 rings (SSSR count). The minimum atomic E-state index is 0.497. The zero-order valence-electron chi connectivity index (χ0n) is 12.6. The Balaban J connectivity index is 2.58. The summed E-state index contributed by atoms with van der Waals surface area (Å²) in [5, 5.41) is 0.497. The number of nitrogen functional groups attached to an aromatic ring is 1. The molecule has 0 radical (unpaired) electrons. The van der Waals surface area contributed by atoms with E-state index in [9.17, 15) is 0 Å². The molecule has 0 fully saturated rings. The third-order valence-corrected chi connectivity index (χ3v) is 3.37. The highest BCUT2D eigenvalue weighted by molar-refractivity contribution is 6.32. The Hall–Kier alpha value is -1.13. The van der Waals surface area contributed by atoms with Gasteiger partial charge in [-0.05, 0) is 32.5 Å². The second-order valence-corrected chi connectivity index (χ2v) is 4.90. The summed E-state index contributed by atoms with van der Waals surface area (Å²) in [5.41, 5.74) is 6.34. The van der Waals surface area contributed by atoms with Crippen molar-refractivity contribution in [3.63, 3.8) is 0 Å². The van der Waals surface area contributed by atoms with E-state index in [0.29, 0.717) is 35.4 Å². The van der Waals surface area contributed by atoms with Crippen molar-refractivity contribution >= 4 is 17.3 Å². The van der Waals surface area contributed by atoms with Crippen LogP contribution in [0, 0.1) is 0 Å². The topological polar surface area (TPSA) is 47.7 Å². The van der Waals surface area contributed by atoms with Crippen LogP contribution in [-0.2, 0) is 0 Å². The molecule has 114 valence electrons. The lowest BCUT2D eigenvalue weighted by atomic mass is 10.3. The number of halogens is 1. The van der Waals surface area contributed by atoms with Crippen molar-refractivity contribution in [2.24, 2.45) is 0 Å². The van der Waals surface area contributed by atoms with Crippen LogP contribution in [0.4, 0.5) is 5.69 Å². The molecule has 5 heteroatoms. The SMILES string of the molecule is CCOc1cc(N)cc(Cl)c1OCCCN(CC)CC. The van der Waals surface area contributed by atoms with Gasteiger partial charge in [0.2, 0.25) is 0 Å². The Morgan fingerprint density at radius 3 is 2.45 bits per heavy atom. The van der Waals surface area contributed by atoms with Gasteiger partial charge >= 0.3 is 0 Å². The summed E-state index contributed by atoms with van der Waals surface area (Å²) in [6.45, 7) is 10.5. The minimum absolute atomic E-state index is 0.497. The summed E-state index contributed by atoms with van der Waals surface area (Å²) in [6.07, 6.45) is 0.952. The molecule has 0 aromatic heterocycles. The molecule has 0 heterocycles. The summed E-state index contributed by atoms with van der Waals surface area (Å²) in [4.78, 5) is 2.36. The fourth-order valence-corrected chi connectivity index (χ4v) is 2.27. The zero-order chi connectivity index (χ0) is 15.0. The largest absolute Gasteiger partial charge is 0.490 e. The second-order valence-electron chi connectivity index (χ2n) is 4.49. The van der Waals surface area contributed by atoms with Crippen molar-refractivity contribution in [2.75, 3.05) is 38.6 Å². The van der Waals surface area contributed by atoms with E-state index in [0.717, 1.165) is 26.1 Å². The lowest BCUT2D eigenvalue weighted by Gasteiger charge is -2.18. The van der Waals surface area contributed by atoms with Gasteiger partial charge in [-0.3, -0.25) is 0 Å². The first-order chi connectivity index (χ1) is 9.62. The number of nitrogens with two attached hydrogens (primary N) is 1. The summed E-state index contributed by atoms with van der Waals surface area (Å²) in [6, 6.07) is 3.43. The molecule has 0 aliphatic carbocycles. The Labute approximate surface area is 126 Å². The number of anilines is 1. The van der Waals surface area contributed by atoms with E-state index >= 15 is 0 Å². The number of hydrogen-bond donors (Lipinski definition) is 1. The number of benzene rings is 1. The van der Waals surface area contributed by atoms with Crippen LogP contribution < -0.4 is 15.2 Å². The Morgan fingerprint density at radius 2 is 1.85 bits per heavy atom. The molecule has 0 spiro atoms. The minimum Gasteiger partial charge on any atom is -0.490 e. The van der Waals surface area contributed by atoms with Crippen molar-refractivity contribution in [1.82, 2.24) is 4.90 Å². The van der Waals surface area contributed by atoms with E-state index in [4.69, 9.17) is 26.8 Å². The molecule has 0 saturated heterocycles. The smallest absolute Gasteiger partial charge is 0.179 e. The van der Waals surface area contributed by atoms with Gasteiger partial charge in [-0.25, -0.2) is 0 Å². The van der Waals surface area contributed by atoms with Gasteiger partial charge in [-0.15, -0.1) is 0 Å². The van der Waals surface area contributed by atoms with Crippen molar-refractivity contribution in [1.29, 1.82) is 0 Å². The van der Waals surface area contributed by atoms with Crippen molar-refractivity contribution in [3.8, 4) is 11.5 Å². The Kier molecular flexibility index (Phi) is 7.55. The predicted molar refractivity (Wildman–Crippen MR) is 84.9 cm³/mol. The van der Waals surface area contributed by atoms with E-state index < -0.39 is 0 Å². The van der Waals surface area contributed by atoms with Crippen LogP contribution >= 0.6 is 11.6 Å². The lowest BCUT2D eigenvalue weighted by Crippen LogP contribution is -2.25. The van der Waals surface area contributed by atoms with Gasteiger partial charge in [0.25, 0.3) is 0 Å². The highest BCUT2D eigenvalue weighted by atomic mass is 35.5. The van der Waals surface area contributed by atoms with Crippen molar-refractivity contribution in [2.45, 2.75) is 27.2 Å². The highest BCUT2D eigenvalue weighted by Crippen LogP contribution is 2.37. The summed E-state index contributed by atoms with van der Waals surface area (Å²) in [5.74, 6) is 1.20. The fraction of sp³-hybridized carbons (Fsp3) is 0.600. The normalized spacial score (nSPS) is 10.8. The van der Waals surface area contributed by atoms with Gasteiger partial charge in [-0.1, -0.05) is 25.4 Å². The molecule has 0 bridgehead atoms. The molecule has 0 amide bonds. The van der Waals surface area contributed by atoms with Crippen LogP contribution in [-0.4, -0.2) is 37.7 Å². The maximum Gasteiger partial charge on any atom is 0.179 e. The molecule has 0 aliphatic heterocycles. The van der Waals surface area contributed by atoms with Gasteiger partial charge in [0, 0.05) is 18.3 Å². The van der Waals surface area contributed by atoms with E-state index in [1.807, 2.05) is 6.92 Å². The first-order valence-corrected chi connectivity index (χ1v) is 7.57. The number of rotatable bonds is 9. The second kappa shape index (κ2) is 8.93. The molecule has 0 aliphatic rings. The van der Waals surface area contributed by atoms with E-state index in [1.54, 1.807) is 12.1 Å². The molecule has 4 nitrogen and oxygen atoms in total. The molecule has 0 saturated carbocycles. The number of nitrogens with zero attached hydrogens (tertiary/aromatic N) is 1. The molecule has 0 unspecified atom stereocenters. The maximum absolute atomic E-state index is 6.17. The Bertz CT molecular complexity index is 409. The molecule has 1 aromatic carbocycles. The van der Waals surface area contributed by atoms with Gasteiger partial charge in [0.15, 0.2) is 11.5 Å². The van der Waals surface area contributed by atoms with E-state index in [1.165, 1.54) is 0 Å². The maximum atomic E-state index is 6.17. The van der Waals surface area contributed by atoms with E-state index in [2.05, 4.69) is 18.7 Å². The summed E-state index contributed by atoms with van der Waals surface area (Å²) >= 11 is 6.17. The monoisotopic (exact) mass is 300 g/mol. The third-order valence-electron chi connectivity index (χ3n) is 3.09. The number of ether oxygens (including phenoxy) is 2. The average Bonchev–Trinajstić information content (AvgIpc) is 2.41. The average molecular weight is 301 g/mol. The quantitative estimate of drug-likeness (QED) is 0.561. The van der Waals surface area contributed by atoms with Crippen LogP contribution in [0.25, 0.3) is 0 Å². The molecule has 1 aromatic rings. The van der Waals surface area contributed by atoms with Gasteiger partial charge < -0.3 is 20.1 Å². The van der Waals surface area contributed by atoms with Gasteiger partial charge in [-0.2, -0.15) is 0 Å². The predicted octanol–water partition coefficient (Wildman–Crippen LogP) is 3.43. The Morgan fingerprint density at radius 1 is 1.15 bits per heavy atom. The molecule has 0 atom stereocenters. The summed E-state index contributed by atoms with van der Waals surface area (Å²) in [7, 11) is 0. The van der Waals surface area contributed by atoms with Crippen LogP contribution in [0.1, 0.15) is 27.2 Å². The van der Waals surface area contributed by atoms with Crippen LogP contribution in [0.5, 0.6) is 11.5 Å². The van der Waals surface area contributed by atoms with Crippen molar-refractivity contribution in [3.05, 3.63) is 17.2 Å². The van der Waals surface area contributed by atoms with Crippen LogP contribution in [0.15, 0.2) is 12.1 Å². The standard InChI is InChI=1S/C15H25ClN2O2/c1-4-18(5-2)8-7-9-20-15-13(16)10-12(17)11-14(15)19-6-3/h10-11H,4-9,17H2,1-3H3. The molecule has 2 N–H and O–H groups in total. The van der Waals surface area contributed by atoms with Crippen molar-refractivity contribution < 1.29 is 9.47 Å². The fourth-order valence-electron chi connectivity index (χ4n) is 1.99. The first kappa shape index (κ1) is 16.9. The zero-order valence-corrected chi connectivity index (χ0v) is 13.4. The number of hydrogen-bond acceptors (Lipinski definition) is 4. The van der Waals surface area contributed by atoms with E-state index in [-0.39, 0.29) is 0 Å². The third kappa shape index (κ3) is 5.10. The highest BCUT2D eigenvalue weighted by Gasteiger charge is 2.11. The molecular weight excluding hydrogens is 276 g/mol. The molecule has 20 heavy (non-hydrogen) atoms. The van der Waals surface area contributed by atoms with Gasteiger partial charge in [0.1, 0.15) is 0 Å². The molecular formula is C15H25ClN2O2. The lowest BCUT2D eigenvalue weighted by molar-refractivity contribution is 0.238. The van der Waals surface area contributed by atoms with Crippen LogP contribution in [0.3, 0.4) is 0 Å². The first-order valence-electron chi connectivity index (χ1n) is 7.19. The van der Waals surface area contributed by atoms with Gasteiger partial charge in [0.05, 0.1) is 18.2 Å².